The summed E-state index contributed by atoms with van der Waals surface area (Å²) in [5.41, 5.74) is -12.4. The predicted octanol–water partition coefficient (Wildman–Crippen LogP) is 4.87. The van der Waals surface area contributed by atoms with Crippen molar-refractivity contribution in [3.8, 4) is 0 Å². The molecule has 0 unspecified atom stereocenters. The minimum atomic E-state index is -6.72. The minimum Gasteiger partial charge on any atom is -0.421 e. The number of nitrogens with zero attached hydrogens (tertiary/aromatic N) is 3. The van der Waals surface area contributed by atoms with Crippen LogP contribution in [-0.2, 0) is 33.1 Å². The number of alkyl halides is 16. The van der Waals surface area contributed by atoms with Crippen molar-refractivity contribution >= 4 is 20.0 Å². The number of hydrogen-bond acceptors (Lipinski definition) is 4. The summed E-state index contributed by atoms with van der Waals surface area (Å²) in [6.07, 6.45) is -10.4. The van der Waals surface area contributed by atoms with E-state index >= 15 is 0 Å². The highest BCUT2D eigenvalue weighted by Gasteiger charge is 2.60. The van der Waals surface area contributed by atoms with Gasteiger partial charge < -0.3 is 4.13 Å². The summed E-state index contributed by atoms with van der Waals surface area (Å²) in [4.78, 5) is 0. The molecule has 1 aromatic rings. The monoisotopic (exact) mass is 629 g/mol. The molecule has 7 nitrogen and oxygen atoms in total. The van der Waals surface area contributed by atoms with Crippen LogP contribution in [0, 0.1) is 0 Å². The maximum Gasteiger partial charge on any atom is 0.480 e. The van der Waals surface area contributed by atoms with Crippen LogP contribution in [0.4, 0.5) is 70.2 Å². The van der Waals surface area contributed by atoms with Crippen LogP contribution in [0.1, 0.15) is 7.43 Å². The molecule has 0 aromatic carbocycles. The van der Waals surface area contributed by atoms with Gasteiger partial charge in [0.15, 0.2) is 33.1 Å². The first-order chi connectivity index (χ1) is 15.4. The number of aromatic nitrogens is 2. The van der Waals surface area contributed by atoms with Gasteiger partial charge in [-0.2, -0.15) is 70.2 Å². The fourth-order valence-corrected chi connectivity index (χ4v) is 3.19. The van der Waals surface area contributed by atoms with E-state index in [0.717, 1.165) is 4.13 Å². The quantitative estimate of drug-likeness (QED) is 0.332. The zero-order chi connectivity index (χ0) is 29.4. The lowest BCUT2D eigenvalue weighted by Crippen LogP contribution is -2.50. The summed E-state index contributed by atoms with van der Waals surface area (Å²) in [6, 6.07) is 0. The number of rotatable bonds is 6. The Morgan fingerprint density at radius 1 is 0.649 bits per heavy atom. The van der Waals surface area contributed by atoms with Crippen LogP contribution in [-0.4, -0.2) is 56.6 Å². The van der Waals surface area contributed by atoms with Crippen LogP contribution >= 0.6 is 0 Å². The topological polar surface area (TPSA) is 91.2 Å². The minimum absolute atomic E-state index is 0. The molecule has 1 aromatic heterocycles. The van der Waals surface area contributed by atoms with Crippen molar-refractivity contribution in [1.82, 2.24) is 4.57 Å². The van der Waals surface area contributed by atoms with E-state index < -0.39 is 68.4 Å². The first kappa shape index (κ1) is 37.1. The van der Waals surface area contributed by atoms with Gasteiger partial charge in [-0.05, 0) is 0 Å². The van der Waals surface area contributed by atoms with Gasteiger partial charge in [0.25, 0.3) is 0 Å². The van der Waals surface area contributed by atoms with Crippen LogP contribution in [0.3, 0.4) is 0 Å². The van der Waals surface area contributed by atoms with Crippen LogP contribution in [0.25, 0.3) is 4.13 Å². The number of halogens is 16. The van der Waals surface area contributed by atoms with Gasteiger partial charge in [-0.15, -0.1) is 0 Å². The summed E-state index contributed by atoms with van der Waals surface area (Å²) in [5.74, 6) is -10.3. The van der Waals surface area contributed by atoms with Gasteiger partial charge in [-0.1, -0.05) is 7.43 Å². The Balaban J connectivity index is 0. The van der Waals surface area contributed by atoms with Gasteiger partial charge in [0.2, 0.25) is 6.33 Å². The van der Waals surface area contributed by atoms with Crippen molar-refractivity contribution in [2.24, 2.45) is 0 Å². The zero-order valence-electron chi connectivity index (χ0n) is 16.0. The molecule has 0 radical (unpaired) electrons. The van der Waals surface area contributed by atoms with E-state index in [1.807, 2.05) is 0 Å². The van der Waals surface area contributed by atoms with E-state index in [-0.39, 0.29) is 16.6 Å². The predicted molar refractivity (Wildman–Crippen MR) is 86.7 cm³/mol. The van der Waals surface area contributed by atoms with Crippen LogP contribution in [0.15, 0.2) is 18.7 Å². The summed E-state index contributed by atoms with van der Waals surface area (Å²) in [6.45, 7) is -3.86. The second-order valence-electron chi connectivity index (χ2n) is 6.08. The van der Waals surface area contributed by atoms with E-state index in [1.165, 1.54) is 0 Å². The Labute approximate surface area is 195 Å². The van der Waals surface area contributed by atoms with E-state index in [2.05, 4.69) is 0 Å². The molecule has 25 heteroatoms. The average molecular weight is 629 g/mol. The molecule has 222 valence electrons. The lowest BCUT2D eigenvalue weighted by molar-refractivity contribution is -0.719. The molecule has 0 saturated heterocycles. The molecule has 1 heterocycles. The Kier molecular flexibility index (Phi) is 11.0. The smallest absolute Gasteiger partial charge is 0.421 e. The van der Waals surface area contributed by atoms with Gasteiger partial charge in [0.1, 0.15) is 12.4 Å². The SMILES string of the molecule is C.FC(F)(F)C(F)(F)Cn1cc[n+](CC(F)(F)C(F)(F)F)c1.O=S(=O)([N-]S(=O)(=O)C(F)(F)F)C(F)(F)F. The van der Waals surface area contributed by atoms with Crippen LogP contribution in [0.2, 0.25) is 0 Å². The molecule has 1 rings (SSSR count). The average Bonchev–Trinajstić information content (AvgIpc) is 2.95. The normalized spacial score (nSPS) is 14.5. The maximum absolute atomic E-state index is 12.7. The van der Waals surface area contributed by atoms with E-state index in [9.17, 15) is 87.1 Å². The highest BCUT2D eigenvalue weighted by atomic mass is 32.3. The first-order valence-electron chi connectivity index (χ1n) is 7.67. The van der Waals surface area contributed by atoms with Crippen molar-refractivity contribution in [1.29, 1.82) is 0 Å². The fraction of sp³-hybridized carbons (Fsp3) is 0.750. The molecular weight excluding hydrogens is 618 g/mol. The van der Waals surface area contributed by atoms with Gasteiger partial charge in [-0.3, -0.25) is 0 Å². The number of hydrogen-bond donors (Lipinski definition) is 0. The van der Waals surface area contributed by atoms with E-state index in [0.29, 0.717) is 18.7 Å². The lowest BCUT2D eigenvalue weighted by Gasteiger charge is -2.22. The molecule has 0 spiro atoms. The summed E-state index contributed by atoms with van der Waals surface area (Å²) in [5, 5.41) is 0. The second kappa shape index (κ2) is 11.0. The van der Waals surface area contributed by atoms with Crippen molar-refractivity contribution in [3.63, 3.8) is 0 Å². The molecular formula is C12H11F16N3O4S2. The van der Waals surface area contributed by atoms with Crippen molar-refractivity contribution in [2.45, 2.75) is 55.7 Å². The first-order valence-corrected chi connectivity index (χ1v) is 10.5. The third kappa shape index (κ3) is 9.97. The standard InChI is InChI=1S/C9H7F10N2.C2F6NO4S2.CH4/c10-6(11,8(14,15)16)3-20-1-2-21(5-20)4-7(12,13)9(17,18)19;3-1(4,5)14(10,11)9-15(12,13)2(6,7)8;/h1-2,5H,3-4H2;;1H4/q+1;-1;. The van der Waals surface area contributed by atoms with E-state index in [1.54, 1.807) is 0 Å². The fourth-order valence-electron chi connectivity index (χ4n) is 1.48. The Morgan fingerprint density at radius 2 is 1.00 bits per heavy atom. The molecule has 0 saturated carbocycles. The highest BCUT2D eigenvalue weighted by molar-refractivity contribution is 8.13. The summed E-state index contributed by atoms with van der Waals surface area (Å²) in [7, 11) is -13.4. The van der Waals surface area contributed by atoms with Crippen molar-refractivity contribution in [3.05, 3.63) is 22.8 Å². The van der Waals surface area contributed by atoms with Gasteiger partial charge in [0.05, 0.1) is 0 Å². The second-order valence-corrected chi connectivity index (χ2v) is 9.50. The lowest BCUT2D eigenvalue weighted by atomic mass is 10.3. The van der Waals surface area contributed by atoms with Gasteiger partial charge >= 0.3 is 35.2 Å². The molecule has 0 bridgehead atoms. The third-order valence-electron chi connectivity index (χ3n) is 3.12. The Bertz CT molecular complexity index is 1010. The molecule has 0 aliphatic carbocycles. The zero-order valence-corrected chi connectivity index (χ0v) is 17.6. The van der Waals surface area contributed by atoms with Crippen LogP contribution < -0.4 is 4.57 Å². The van der Waals surface area contributed by atoms with E-state index in [4.69, 9.17) is 0 Å². The Hall–Kier alpha value is -2.05. The van der Waals surface area contributed by atoms with Crippen molar-refractivity contribution < 1.29 is 91.6 Å². The van der Waals surface area contributed by atoms with Crippen molar-refractivity contribution in [2.75, 3.05) is 0 Å². The summed E-state index contributed by atoms with van der Waals surface area (Å²) < 4.78 is 232. The number of sulfonamides is 2. The largest absolute Gasteiger partial charge is 0.480 e. The molecule has 0 aliphatic rings. The highest BCUT2D eigenvalue weighted by Crippen LogP contribution is 2.38. The molecule has 0 atom stereocenters. The molecule has 0 N–H and O–H groups in total. The third-order valence-corrected chi connectivity index (χ3v) is 5.86. The molecule has 0 fully saturated rings. The Morgan fingerprint density at radius 3 is 1.30 bits per heavy atom. The molecule has 37 heavy (non-hydrogen) atoms. The van der Waals surface area contributed by atoms with Crippen LogP contribution in [0.5, 0.6) is 0 Å². The van der Waals surface area contributed by atoms with Gasteiger partial charge in [-0.25, -0.2) is 26.0 Å². The molecule has 0 amide bonds. The maximum atomic E-state index is 12.7. The summed E-state index contributed by atoms with van der Waals surface area (Å²) >= 11 is 0. The molecule has 0 aliphatic heterocycles. The number of imidazole rings is 1. The van der Waals surface area contributed by atoms with Gasteiger partial charge in [0, 0.05) is 0 Å².